The Balaban J connectivity index is -0.00000000167. The predicted molar refractivity (Wildman–Crippen MR) is 11.2 cm³/mol. The molecule has 0 aliphatic carbocycles. The van der Waals surface area contributed by atoms with Crippen molar-refractivity contribution in [2.75, 3.05) is 7.11 Å². The van der Waals surface area contributed by atoms with Gasteiger partial charge in [0.2, 0.25) is 0 Å². The molecule has 0 unspecified atom stereocenters. The van der Waals surface area contributed by atoms with Gasteiger partial charge in [0.25, 0.3) is 0 Å². The van der Waals surface area contributed by atoms with Gasteiger partial charge < -0.3 is 11.3 Å². The first kappa shape index (κ1) is 28.4. The van der Waals surface area contributed by atoms with Crippen molar-refractivity contribution in [2.45, 2.75) is 0 Å². The first-order valence-electron chi connectivity index (χ1n) is 0.408. The molecule has 0 bridgehead atoms. The molecule has 5 heavy (non-hydrogen) atoms. The van der Waals surface area contributed by atoms with Gasteiger partial charge >= 0.3 is 59.1 Å². The molecule has 2 nitrogen and oxygen atoms in total. The molecule has 4 heteroatoms. The van der Waals surface area contributed by atoms with E-state index < -0.39 is 0 Å². The maximum Gasteiger partial charge on any atom is 1.00 e. The summed E-state index contributed by atoms with van der Waals surface area (Å²) in [5.41, 5.74) is 0. The smallest absolute Gasteiger partial charge is 0.857 e. The third-order valence-corrected chi connectivity index (χ3v) is 0. The van der Waals surface area contributed by atoms with Crippen LogP contribution in [0.3, 0.4) is 0 Å². The van der Waals surface area contributed by atoms with Crippen LogP contribution in [0.5, 0.6) is 0 Å². The van der Waals surface area contributed by atoms with Gasteiger partial charge in [-0.2, -0.15) is 7.11 Å². The van der Waals surface area contributed by atoms with E-state index in [2.05, 4.69) is 0 Å². The Labute approximate surface area is 76.5 Å². The van der Waals surface area contributed by atoms with Crippen LogP contribution in [-0.4, -0.2) is 7.11 Å². The van der Waals surface area contributed by atoms with Crippen LogP contribution in [0.15, 0.2) is 0 Å². The van der Waals surface area contributed by atoms with Crippen molar-refractivity contribution in [3.05, 3.63) is 6.15 Å². The minimum absolute atomic E-state index is 0. The van der Waals surface area contributed by atoms with Gasteiger partial charge in [-0.25, -0.2) is 0 Å². The van der Waals surface area contributed by atoms with E-state index in [1.807, 2.05) is 0 Å². The van der Waals surface area contributed by atoms with Crippen LogP contribution in [0.4, 0.5) is 0 Å². The molecule has 0 aromatic rings. The van der Waals surface area contributed by atoms with Gasteiger partial charge in [0.05, 0.1) is 0 Å². The topological polar surface area (TPSA) is 56.6 Å². The van der Waals surface area contributed by atoms with Crippen molar-refractivity contribution < 1.29 is 64.2 Å². The zero-order chi connectivity index (χ0) is 2.00. The molecule has 0 heterocycles. The van der Waals surface area contributed by atoms with Gasteiger partial charge in [0, 0.05) is 0 Å². The summed E-state index contributed by atoms with van der Waals surface area (Å²) in [6.45, 7) is 0. The Morgan fingerprint density at radius 2 is 1.00 bits per heavy atom. The Hall–Kier alpha value is 1.92. The van der Waals surface area contributed by atoms with Crippen molar-refractivity contribution in [1.29, 1.82) is 0 Å². The molecule has 0 fully saturated rings. The first-order chi connectivity index (χ1) is 1.00. The SMILES string of the molecule is C[O-].[NH2-].[Na+].[Na+]. The van der Waals surface area contributed by atoms with Crippen molar-refractivity contribution in [1.82, 2.24) is 0 Å². The average Bonchev–Trinajstić information content (AvgIpc) is 1.00. The van der Waals surface area contributed by atoms with Crippen LogP contribution < -0.4 is 64.2 Å². The summed E-state index contributed by atoms with van der Waals surface area (Å²) < 4.78 is 0. The van der Waals surface area contributed by atoms with E-state index in [4.69, 9.17) is 5.11 Å². The first-order valence-corrected chi connectivity index (χ1v) is 0.408. The monoisotopic (exact) mass is 93.0 g/mol. The summed E-state index contributed by atoms with van der Waals surface area (Å²) in [5, 5.41) is 8.25. The zero-order valence-electron chi connectivity index (χ0n) is 3.99. The average molecular weight is 93.0 g/mol. The fraction of sp³-hybridized carbons (Fsp3) is 1.00. The molecule has 0 aliphatic heterocycles. The van der Waals surface area contributed by atoms with Crippen LogP contribution in [0.1, 0.15) is 0 Å². The van der Waals surface area contributed by atoms with E-state index >= 15 is 0 Å². The number of rotatable bonds is 0. The molecule has 0 aromatic heterocycles. The predicted octanol–water partition coefficient (Wildman–Crippen LogP) is -6.30. The molecule has 0 atom stereocenters. The molecular formula is CH5NNa2O. The van der Waals surface area contributed by atoms with E-state index in [1.165, 1.54) is 0 Å². The Kier molecular flexibility index (Phi) is 221. The third kappa shape index (κ3) is 24.7. The molecule has 2 N–H and O–H groups in total. The molecule has 0 radical (unpaired) electrons. The van der Waals surface area contributed by atoms with Crippen LogP contribution in [-0.2, 0) is 0 Å². The van der Waals surface area contributed by atoms with Crippen LogP contribution in [0.2, 0.25) is 0 Å². The van der Waals surface area contributed by atoms with Crippen LogP contribution in [0.25, 0.3) is 6.15 Å². The second kappa shape index (κ2) is 38.9. The minimum Gasteiger partial charge on any atom is -0.857 e. The normalized spacial score (nSPS) is 1.20. The Morgan fingerprint density at radius 1 is 1.00 bits per heavy atom. The standard InChI is InChI=1S/CH3O.H2N.2Na/c1-2;;;/h1H3;1H2;;/q2*-1;2*+1. The Bertz CT molecular complexity index is 9.61. The molecule has 0 rings (SSSR count). The van der Waals surface area contributed by atoms with E-state index in [9.17, 15) is 0 Å². The molecule has 0 amide bonds. The molecule has 22 valence electrons. The Morgan fingerprint density at radius 3 is 1.00 bits per heavy atom. The van der Waals surface area contributed by atoms with Crippen molar-refractivity contribution in [3.63, 3.8) is 0 Å². The summed E-state index contributed by atoms with van der Waals surface area (Å²) in [6.07, 6.45) is 0. The van der Waals surface area contributed by atoms with Crippen LogP contribution in [0, 0.1) is 0 Å². The van der Waals surface area contributed by atoms with Crippen molar-refractivity contribution in [3.8, 4) is 0 Å². The van der Waals surface area contributed by atoms with Gasteiger partial charge in [0.15, 0.2) is 0 Å². The fourth-order valence-corrected chi connectivity index (χ4v) is 0. The van der Waals surface area contributed by atoms with Gasteiger partial charge in [-0.3, -0.25) is 0 Å². The number of nitrogens with two attached hydrogens (primary N) is 1. The van der Waals surface area contributed by atoms with Crippen LogP contribution >= 0.6 is 0 Å². The van der Waals surface area contributed by atoms with E-state index in [-0.39, 0.29) is 65.3 Å². The summed E-state index contributed by atoms with van der Waals surface area (Å²) in [6, 6.07) is 0. The second-order valence-corrected chi connectivity index (χ2v) is 0. The van der Waals surface area contributed by atoms with Gasteiger partial charge in [0.1, 0.15) is 0 Å². The quantitative estimate of drug-likeness (QED) is 0.275. The number of hydrogen-bond acceptors (Lipinski definition) is 1. The van der Waals surface area contributed by atoms with Gasteiger partial charge in [-0.1, -0.05) is 0 Å². The largest absolute Gasteiger partial charge is 1.00 e. The molecule has 0 aromatic carbocycles. The molecule has 0 saturated heterocycles. The van der Waals surface area contributed by atoms with E-state index in [0.29, 0.717) is 0 Å². The maximum absolute atomic E-state index is 8.25. The third-order valence-electron chi connectivity index (χ3n) is 0. The summed E-state index contributed by atoms with van der Waals surface area (Å²) in [7, 11) is 0.750. The fourth-order valence-electron chi connectivity index (χ4n) is 0. The van der Waals surface area contributed by atoms with Crippen molar-refractivity contribution in [2.24, 2.45) is 0 Å². The van der Waals surface area contributed by atoms with Crippen molar-refractivity contribution >= 4 is 0 Å². The molecule has 0 spiro atoms. The number of hydrogen-bond donors (Lipinski definition) is 0. The molecule has 0 aliphatic rings. The molecular weight excluding hydrogens is 88.0 g/mol. The van der Waals surface area contributed by atoms with E-state index in [1.54, 1.807) is 0 Å². The minimum atomic E-state index is 0. The van der Waals surface area contributed by atoms with Gasteiger partial charge in [-0.05, 0) is 0 Å². The second-order valence-electron chi connectivity index (χ2n) is 0. The zero-order valence-corrected chi connectivity index (χ0v) is 7.99. The van der Waals surface area contributed by atoms with Gasteiger partial charge in [-0.15, -0.1) is 0 Å². The summed E-state index contributed by atoms with van der Waals surface area (Å²) >= 11 is 0. The maximum atomic E-state index is 8.25. The molecule has 0 saturated carbocycles. The summed E-state index contributed by atoms with van der Waals surface area (Å²) in [5.74, 6) is 0. The van der Waals surface area contributed by atoms with E-state index in [0.717, 1.165) is 7.11 Å². The summed E-state index contributed by atoms with van der Waals surface area (Å²) in [4.78, 5) is 0.